The standard InChI is InChI=1S/C27H35F2N7OS/c1-26(2,28)19-4-5-22-21(14-19)33-25(38-3)36(22)20-6-10-35(11-7-20)23(37)27(29)8-12-34(13-9-27)17-18-15-31-24(30)32-16-18/h4-5,14-16,20H,6-13,17H2,1-3H3,(H2,30,31,32). The number of thioether (sulfide) groups is 1. The number of piperidine rings is 2. The lowest BCUT2D eigenvalue weighted by atomic mass is 9.90. The number of nitrogens with zero attached hydrogens (tertiary/aromatic N) is 6. The molecule has 0 unspecified atom stereocenters. The number of hydrogen-bond donors (Lipinski definition) is 1. The highest BCUT2D eigenvalue weighted by molar-refractivity contribution is 7.98. The molecule has 3 aromatic rings. The van der Waals surface area contributed by atoms with Gasteiger partial charge in [-0.3, -0.25) is 9.69 Å². The summed E-state index contributed by atoms with van der Waals surface area (Å²) >= 11 is 1.56. The highest BCUT2D eigenvalue weighted by Gasteiger charge is 2.45. The molecule has 8 nitrogen and oxygen atoms in total. The van der Waals surface area contributed by atoms with Gasteiger partial charge in [-0.25, -0.2) is 23.7 Å². The van der Waals surface area contributed by atoms with Crippen molar-refractivity contribution in [1.29, 1.82) is 0 Å². The number of rotatable bonds is 6. The molecule has 1 amide bonds. The second-order valence-corrected chi connectivity index (χ2v) is 11.6. The van der Waals surface area contributed by atoms with Crippen LogP contribution >= 0.6 is 11.8 Å². The molecule has 2 aliphatic heterocycles. The first-order chi connectivity index (χ1) is 18.1. The number of carbonyl (C=O) groups excluding carboxylic acids is 1. The molecule has 0 saturated carbocycles. The average molecular weight is 544 g/mol. The summed E-state index contributed by atoms with van der Waals surface area (Å²) in [5, 5.41) is 0.874. The van der Waals surface area contributed by atoms with Crippen LogP contribution in [-0.2, 0) is 17.0 Å². The Bertz CT molecular complexity index is 1290. The lowest BCUT2D eigenvalue weighted by Gasteiger charge is -2.40. The summed E-state index contributed by atoms with van der Waals surface area (Å²) in [5.74, 6) is -0.160. The molecule has 2 aromatic heterocycles. The minimum atomic E-state index is -1.83. The minimum absolute atomic E-state index is 0.148. The van der Waals surface area contributed by atoms with Crippen molar-refractivity contribution in [2.24, 2.45) is 0 Å². The maximum Gasteiger partial charge on any atom is 0.260 e. The first-order valence-corrected chi connectivity index (χ1v) is 14.3. The van der Waals surface area contributed by atoms with Crippen molar-refractivity contribution < 1.29 is 13.6 Å². The Labute approximate surface area is 226 Å². The van der Waals surface area contributed by atoms with E-state index in [4.69, 9.17) is 10.7 Å². The van der Waals surface area contributed by atoms with E-state index in [0.29, 0.717) is 38.3 Å². The largest absolute Gasteiger partial charge is 0.368 e. The topological polar surface area (TPSA) is 93.2 Å². The highest BCUT2D eigenvalue weighted by Crippen LogP contribution is 2.36. The Morgan fingerprint density at radius 3 is 2.42 bits per heavy atom. The van der Waals surface area contributed by atoms with Gasteiger partial charge in [0.05, 0.1) is 11.0 Å². The molecule has 0 bridgehead atoms. The Kier molecular flexibility index (Phi) is 7.34. The van der Waals surface area contributed by atoms with Crippen LogP contribution in [0, 0.1) is 0 Å². The molecular weight excluding hydrogens is 508 g/mol. The van der Waals surface area contributed by atoms with Gasteiger partial charge < -0.3 is 15.2 Å². The second kappa shape index (κ2) is 10.4. The van der Waals surface area contributed by atoms with E-state index in [1.54, 1.807) is 42.9 Å². The van der Waals surface area contributed by atoms with Gasteiger partial charge in [-0.05, 0) is 50.6 Å². The summed E-state index contributed by atoms with van der Waals surface area (Å²) in [7, 11) is 0. The number of imidazole rings is 1. The first kappa shape index (κ1) is 26.8. The van der Waals surface area contributed by atoms with E-state index >= 15 is 4.39 Å². The van der Waals surface area contributed by atoms with Gasteiger partial charge in [0.25, 0.3) is 5.91 Å². The van der Waals surface area contributed by atoms with Gasteiger partial charge >= 0.3 is 0 Å². The van der Waals surface area contributed by atoms with E-state index in [-0.39, 0.29) is 30.7 Å². The number of benzene rings is 1. The third-order valence-electron chi connectivity index (χ3n) is 7.81. The fraction of sp³-hybridized carbons (Fsp3) is 0.556. The monoisotopic (exact) mass is 543 g/mol. The molecule has 38 heavy (non-hydrogen) atoms. The van der Waals surface area contributed by atoms with Crippen molar-refractivity contribution in [2.45, 2.75) is 68.6 Å². The number of aromatic nitrogens is 4. The summed E-state index contributed by atoms with van der Waals surface area (Å²) in [6, 6.07) is 5.74. The maximum atomic E-state index is 15.8. The fourth-order valence-electron chi connectivity index (χ4n) is 5.54. The molecule has 2 fully saturated rings. The number of likely N-dealkylation sites (tertiary alicyclic amines) is 2. The van der Waals surface area contributed by atoms with Crippen molar-refractivity contribution in [3.8, 4) is 0 Å². The van der Waals surface area contributed by atoms with Gasteiger partial charge in [-0.15, -0.1) is 0 Å². The summed E-state index contributed by atoms with van der Waals surface area (Å²) in [6.07, 6.45) is 7.15. The molecule has 204 valence electrons. The SMILES string of the molecule is CSc1nc2cc(C(C)(C)F)ccc2n1C1CCN(C(=O)C2(F)CCN(Cc3cnc(N)nc3)CC2)CC1. The molecule has 5 rings (SSSR count). The number of halogens is 2. The Balaban J connectivity index is 1.21. The summed E-state index contributed by atoms with van der Waals surface area (Å²) < 4.78 is 32.6. The third kappa shape index (κ3) is 5.36. The smallest absolute Gasteiger partial charge is 0.260 e. The normalized spacial score (nSPS) is 19.2. The van der Waals surface area contributed by atoms with Crippen LogP contribution in [0.5, 0.6) is 0 Å². The quantitative estimate of drug-likeness (QED) is 0.458. The van der Waals surface area contributed by atoms with Gasteiger partial charge in [0.15, 0.2) is 10.8 Å². The van der Waals surface area contributed by atoms with E-state index in [1.165, 1.54) is 0 Å². The van der Waals surface area contributed by atoms with Crippen LogP contribution in [0.4, 0.5) is 14.7 Å². The molecule has 0 spiro atoms. The number of alkyl halides is 2. The van der Waals surface area contributed by atoms with E-state index in [2.05, 4.69) is 19.4 Å². The van der Waals surface area contributed by atoms with E-state index in [9.17, 15) is 9.18 Å². The number of hydrogen-bond acceptors (Lipinski definition) is 7. The molecule has 2 saturated heterocycles. The summed E-state index contributed by atoms with van der Waals surface area (Å²) in [6.45, 7) is 5.71. The third-order valence-corrected chi connectivity index (χ3v) is 8.46. The predicted octanol–water partition coefficient (Wildman–Crippen LogP) is 4.50. The number of nitrogens with two attached hydrogens (primary N) is 1. The summed E-state index contributed by atoms with van der Waals surface area (Å²) in [4.78, 5) is 29.9. The van der Waals surface area contributed by atoms with Crippen molar-refractivity contribution in [3.63, 3.8) is 0 Å². The molecule has 0 aliphatic carbocycles. The number of fused-ring (bicyclic) bond motifs is 1. The van der Waals surface area contributed by atoms with Gasteiger partial charge in [-0.1, -0.05) is 17.8 Å². The first-order valence-electron chi connectivity index (χ1n) is 13.1. The zero-order valence-corrected chi connectivity index (χ0v) is 23.0. The molecule has 0 radical (unpaired) electrons. The number of carbonyl (C=O) groups is 1. The minimum Gasteiger partial charge on any atom is -0.368 e. The van der Waals surface area contributed by atoms with Gasteiger partial charge in [0.1, 0.15) is 5.67 Å². The molecule has 2 N–H and O–H groups in total. The van der Waals surface area contributed by atoms with Crippen molar-refractivity contribution in [3.05, 3.63) is 41.7 Å². The summed E-state index contributed by atoms with van der Waals surface area (Å²) in [5.41, 5.74) is 5.54. The van der Waals surface area contributed by atoms with Gasteiger partial charge in [0.2, 0.25) is 5.95 Å². The van der Waals surface area contributed by atoms with E-state index in [1.807, 2.05) is 24.5 Å². The zero-order chi connectivity index (χ0) is 27.1. The number of nitrogen functional groups attached to an aromatic ring is 1. The zero-order valence-electron chi connectivity index (χ0n) is 22.2. The van der Waals surface area contributed by atoms with Crippen LogP contribution < -0.4 is 5.73 Å². The molecule has 4 heterocycles. The van der Waals surface area contributed by atoms with Gasteiger partial charge in [0, 0.05) is 69.6 Å². The molecule has 1 aromatic carbocycles. The van der Waals surface area contributed by atoms with E-state index < -0.39 is 11.3 Å². The lowest BCUT2D eigenvalue weighted by molar-refractivity contribution is -0.149. The Morgan fingerprint density at radius 1 is 1.16 bits per heavy atom. The second-order valence-electron chi connectivity index (χ2n) is 10.9. The van der Waals surface area contributed by atoms with Crippen LogP contribution in [0.3, 0.4) is 0 Å². The Hall–Kier alpha value is -2.79. The predicted molar refractivity (Wildman–Crippen MR) is 145 cm³/mol. The van der Waals surface area contributed by atoms with Crippen LogP contribution in [0.25, 0.3) is 11.0 Å². The van der Waals surface area contributed by atoms with Crippen LogP contribution in [0.2, 0.25) is 0 Å². The molecule has 2 aliphatic rings. The average Bonchev–Trinajstić information content (AvgIpc) is 3.28. The number of anilines is 1. The van der Waals surface area contributed by atoms with Crippen molar-refractivity contribution in [2.75, 3.05) is 38.2 Å². The fourth-order valence-corrected chi connectivity index (χ4v) is 6.17. The maximum absolute atomic E-state index is 15.8. The molecular formula is C27H35F2N7OS. The van der Waals surface area contributed by atoms with Gasteiger partial charge in [-0.2, -0.15) is 0 Å². The van der Waals surface area contributed by atoms with Crippen LogP contribution in [0.15, 0.2) is 35.7 Å². The number of amides is 1. The van der Waals surface area contributed by atoms with Crippen molar-refractivity contribution in [1.82, 2.24) is 29.3 Å². The molecule has 11 heteroatoms. The highest BCUT2D eigenvalue weighted by atomic mass is 32.2. The van der Waals surface area contributed by atoms with Crippen molar-refractivity contribution >= 4 is 34.7 Å². The lowest BCUT2D eigenvalue weighted by Crippen LogP contribution is -2.53. The molecule has 0 atom stereocenters. The van der Waals surface area contributed by atoms with E-state index in [0.717, 1.165) is 34.6 Å². The van der Waals surface area contributed by atoms with Crippen LogP contribution in [-0.4, -0.2) is 73.3 Å². The Morgan fingerprint density at radius 2 is 1.82 bits per heavy atom. The van der Waals surface area contributed by atoms with Crippen LogP contribution in [0.1, 0.15) is 56.7 Å².